The molecule has 1 fully saturated rings. The average Bonchev–Trinajstić information content (AvgIpc) is 3.38. The molecular weight excluding hydrogens is 416 g/mol. The van der Waals surface area contributed by atoms with E-state index in [1.54, 1.807) is 13.3 Å². The quantitative estimate of drug-likeness (QED) is 0.492. The third kappa shape index (κ3) is 5.40. The Hall–Kier alpha value is -3.25. The molecule has 2 aromatic carbocycles. The second-order valence-electron chi connectivity index (χ2n) is 8.65. The Kier molecular flexibility index (Phi) is 7.35. The van der Waals surface area contributed by atoms with Gasteiger partial charge in [-0.15, -0.1) is 0 Å². The standard InChI is InChI=1S/C27H30N2O4/c1-32-26-14-21(8-9-23(26)17-33-27(31)19-4-2-3-5-19)24(15-28)25(30)13-18-6-7-22-16-29-11-10-20(22)12-18/h6-12,14,16,19,24H,2-5,13,15,17,28H2,1H3. The summed E-state index contributed by atoms with van der Waals surface area (Å²) in [5.41, 5.74) is 8.53. The van der Waals surface area contributed by atoms with Gasteiger partial charge in [0.15, 0.2) is 0 Å². The number of hydrogen-bond acceptors (Lipinski definition) is 6. The molecule has 1 saturated carbocycles. The van der Waals surface area contributed by atoms with Gasteiger partial charge in [0.1, 0.15) is 18.1 Å². The predicted molar refractivity (Wildman–Crippen MR) is 127 cm³/mol. The lowest BCUT2D eigenvalue weighted by atomic mass is 9.90. The second-order valence-corrected chi connectivity index (χ2v) is 8.65. The normalized spacial score (nSPS) is 14.8. The zero-order valence-electron chi connectivity index (χ0n) is 19.0. The molecular formula is C27H30N2O4. The minimum atomic E-state index is -0.442. The molecule has 0 spiro atoms. The third-order valence-electron chi connectivity index (χ3n) is 6.48. The van der Waals surface area contributed by atoms with Crippen LogP contribution in [0.15, 0.2) is 54.9 Å². The number of carbonyl (C=O) groups excluding carboxylic acids is 2. The molecule has 3 aromatic rings. The van der Waals surface area contributed by atoms with E-state index in [4.69, 9.17) is 15.2 Å². The molecule has 1 aliphatic carbocycles. The van der Waals surface area contributed by atoms with Crippen LogP contribution in [0.4, 0.5) is 0 Å². The largest absolute Gasteiger partial charge is 0.496 e. The fraction of sp³-hybridized carbons (Fsp3) is 0.370. The zero-order chi connectivity index (χ0) is 23.2. The molecule has 1 aliphatic rings. The first-order valence-electron chi connectivity index (χ1n) is 11.5. The molecule has 0 bridgehead atoms. The van der Waals surface area contributed by atoms with Crippen molar-refractivity contribution in [3.8, 4) is 5.75 Å². The summed E-state index contributed by atoms with van der Waals surface area (Å²) in [6, 6.07) is 13.5. The van der Waals surface area contributed by atoms with Crippen molar-refractivity contribution >= 4 is 22.5 Å². The van der Waals surface area contributed by atoms with Crippen molar-refractivity contribution in [2.24, 2.45) is 11.7 Å². The van der Waals surface area contributed by atoms with Crippen LogP contribution < -0.4 is 10.5 Å². The van der Waals surface area contributed by atoms with Gasteiger partial charge in [-0.2, -0.15) is 0 Å². The molecule has 1 aromatic heterocycles. The van der Waals surface area contributed by atoms with Gasteiger partial charge in [0.05, 0.1) is 18.9 Å². The monoisotopic (exact) mass is 446 g/mol. The number of aromatic nitrogens is 1. The van der Waals surface area contributed by atoms with Crippen LogP contribution in [0.2, 0.25) is 0 Å². The molecule has 33 heavy (non-hydrogen) atoms. The molecule has 172 valence electrons. The Morgan fingerprint density at radius 2 is 1.91 bits per heavy atom. The van der Waals surface area contributed by atoms with Gasteiger partial charge in [-0.25, -0.2) is 0 Å². The highest BCUT2D eigenvalue weighted by molar-refractivity contribution is 5.89. The van der Waals surface area contributed by atoms with Crippen molar-refractivity contribution in [3.63, 3.8) is 0 Å². The number of rotatable bonds is 9. The van der Waals surface area contributed by atoms with E-state index in [1.807, 2.05) is 48.7 Å². The van der Waals surface area contributed by atoms with Gasteiger partial charge in [0, 0.05) is 36.3 Å². The maximum atomic E-state index is 13.1. The molecule has 6 nitrogen and oxygen atoms in total. The highest BCUT2D eigenvalue weighted by Gasteiger charge is 2.25. The number of nitrogens with two attached hydrogens (primary N) is 1. The number of methoxy groups -OCH3 is 1. The van der Waals surface area contributed by atoms with Gasteiger partial charge in [0.2, 0.25) is 0 Å². The van der Waals surface area contributed by atoms with Gasteiger partial charge in [-0.1, -0.05) is 43.2 Å². The molecule has 1 atom stereocenters. The van der Waals surface area contributed by atoms with Crippen LogP contribution in [-0.2, 0) is 27.4 Å². The van der Waals surface area contributed by atoms with Gasteiger partial charge in [0.25, 0.3) is 0 Å². The Balaban J connectivity index is 1.45. The van der Waals surface area contributed by atoms with Gasteiger partial charge in [-0.3, -0.25) is 14.6 Å². The summed E-state index contributed by atoms with van der Waals surface area (Å²) in [6.07, 6.45) is 7.83. The smallest absolute Gasteiger partial charge is 0.309 e. The highest BCUT2D eigenvalue weighted by atomic mass is 16.5. The topological polar surface area (TPSA) is 91.5 Å². The Labute approximate surface area is 194 Å². The van der Waals surface area contributed by atoms with Crippen LogP contribution in [0.1, 0.15) is 48.3 Å². The Morgan fingerprint density at radius 3 is 2.67 bits per heavy atom. The molecule has 4 rings (SSSR count). The summed E-state index contributed by atoms with van der Waals surface area (Å²) in [7, 11) is 1.57. The number of Topliss-reactive ketones (excluding diaryl/α,β-unsaturated/α-hetero) is 1. The maximum Gasteiger partial charge on any atom is 0.309 e. The SMILES string of the molecule is COc1cc(C(CN)C(=O)Cc2ccc3cnccc3c2)ccc1COC(=O)C1CCCC1. The Bertz CT molecular complexity index is 1140. The molecule has 6 heteroatoms. The highest BCUT2D eigenvalue weighted by Crippen LogP contribution is 2.29. The van der Waals surface area contributed by atoms with Crippen LogP contribution >= 0.6 is 0 Å². The summed E-state index contributed by atoms with van der Waals surface area (Å²) >= 11 is 0. The second kappa shape index (κ2) is 10.6. The number of ether oxygens (including phenoxy) is 2. The van der Waals surface area contributed by atoms with E-state index in [2.05, 4.69) is 4.98 Å². The first-order chi connectivity index (χ1) is 16.1. The zero-order valence-corrected chi connectivity index (χ0v) is 19.0. The van der Waals surface area contributed by atoms with Gasteiger partial charge < -0.3 is 15.2 Å². The number of esters is 1. The number of ketones is 1. The molecule has 2 N–H and O–H groups in total. The summed E-state index contributed by atoms with van der Waals surface area (Å²) < 4.78 is 11.1. The average molecular weight is 447 g/mol. The number of carbonyl (C=O) groups is 2. The van der Waals surface area contributed by atoms with E-state index < -0.39 is 5.92 Å². The molecule has 0 radical (unpaired) electrons. The molecule has 0 aliphatic heterocycles. The minimum Gasteiger partial charge on any atom is -0.496 e. The summed E-state index contributed by atoms with van der Waals surface area (Å²) in [5, 5.41) is 2.09. The summed E-state index contributed by atoms with van der Waals surface area (Å²) in [5.74, 6) is 0.0763. The number of hydrogen-bond donors (Lipinski definition) is 1. The van der Waals surface area contributed by atoms with Crippen molar-refractivity contribution in [2.45, 2.75) is 44.6 Å². The summed E-state index contributed by atoms with van der Waals surface area (Å²) in [4.78, 5) is 29.5. The fourth-order valence-electron chi connectivity index (χ4n) is 4.55. The van der Waals surface area contributed by atoms with Crippen LogP contribution in [0.5, 0.6) is 5.75 Å². The van der Waals surface area contributed by atoms with Crippen LogP contribution in [0.25, 0.3) is 10.8 Å². The number of fused-ring (bicyclic) bond motifs is 1. The minimum absolute atomic E-state index is 0.0147. The summed E-state index contributed by atoms with van der Waals surface area (Å²) in [6.45, 7) is 0.363. The van der Waals surface area contributed by atoms with Gasteiger partial charge in [-0.05, 0) is 41.5 Å². The first-order valence-corrected chi connectivity index (χ1v) is 11.5. The first kappa shape index (κ1) is 22.9. The maximum absolute atomic E-state index is 13.1. The van der Waals surface area contributed by atoms with Crippen molar-refractivity contribution in [1.29, 1.82) is 0 Å². The van der Waals surface area contributed by atoms with E-state index in [-0.39, 0.29) is 30.8 Å². The van der Waals surface area contributed by atoms with Crippen LogP contribution in [-0.4, -0.2) is 30.4 Å². The van der Waals surface area contributed by atoms with Crippen molar-refractivity contribution in [1.82, 2.24) is 4.98 Å². The van der Waals surface area contributed by atoms with E-state index in [0.29, 0.717) is 12.2 Å². The number of nitrogens with zero attached hydrogens (tertiary/aromatic N) is 1. The lowest BCUT2D eigenvalue weighted by molar-refractivity contribution is -0.149. The number of benzene rings is 2. The predicted octanol–water partition coefficient (Wildman–Crippen LogP) is 4.33. The molecule has 1 heterocycles. The lowest BCUT2D eigenvalue weighted by Gasteiger charge is -2.18. The number of pyridine rings is 1. The van der Waals surface area contributed by atoms with Gasteiger partial charge >= 0.3 is 5.97 Å². The van der Waals surface area contributed by atoms with Crippen LogP contribution in [0, 0.1) is 5.92 Å². The third-order valence-corrected chi connectivity index (χ3v) is 6.48. The van der Waals surface area contributed by atoms with Crippen molar-refractivity contribution < 1.29 is 19.1 Å². The van der Waals surface area contributed by atoms with Crippen molar-refractivity contribution in [2.75, 3.05) is 13.7 Å². The van der Waals surface area contributed by atoms with E-state index in [1.165, 1.54) is 0 Å². The molecule has 1 unspecified atom stereocenters. The van der Waals surface area contributed by atoms with Crippen LogP contribution in [0.3, 0.4) is 0 Å². The molecule has 0 amide bonds. The Morgan fingerprint density at radius 1 is 1.09 bits per heavy atom. The molecule has 0 saturated heterocycles. The van der Waals surface area contributed by atoms with E-state index in [9.17, 15) is 9.59 Å². The van der Waals surface area contributed by atoms with Crippen molar-refractivity contribution in [3.05, 3.63) is 71.5 Å². The van der Waals surface area contributed by atoms with E-state index in [0.717, 1.165) is 53.1 Å². The lowest BCUT2D eigenvalue weighted by Crippen LogP contribution is -2.23. The van der Waals surface area contributed by atoms with E-state index >= 15 is 0 Å². The fourth-order valence-corrected chi connectivity index (χ4v) is 4.55.